The van der Waals surface area contributed by atoms with Crippen LogP contribution in [0.5, 0.6) is 0 Å². The van der Waals surface area contributed by atoms with Crippen LogP contribution in [-0.4, -0.2) is 52.1 Å². The number of fused-ring (bicyclic) bond motifs is 1. The van der Waals surface area contributed by atoms with Crippen LogP contribution in [0.15, 0.2) is 64.8 Å². The van der Waals surface area contributed by atoms with Crippen LogP contribution in [-0.2, 0) is 4.79 Å². The number of nitrogens with one attached hydrogen (secondary N) is 1. The largest absolute Gasteiger partial charge is 0.370 e. The van der Waals surface area contributed by atoms with Gasteiger partial charge in [-0.1, -0.05) is 12.1 Å². The van der Waals surface area contributed by atoms with E-state index >= 15 is 0 Å². The second-order valence-electron chi connectivity index (χ2n) is 8.96. The molecule has 0 bridgehead atoms. The lowest BCUT2D eigenvalue weighted by atomic mass is 10.1. The molecule has 4 rings (SSSR count). The molecule has 0 aliphatic carbocycles. The Labute approximate surface area is 238 Å². The van der Waals surface area contributed by atoms with Crippen LogP contribution in [0.2, 0.25) is 0 Å². The van der Waals surface area contributed by atoms with Gasteiger partial charge in [0.15, 0.2) is 5.69 Å². The van der Waals surface area contributed by atoms with Crippen molar-refractivity contribution in [3.05, 3.63) is 91.5 Å². The average Bonchev–Trinajstić information content (AvgIpc) is 3.21. The summed E-state index contributed by atoms with van der Waals surface area (Å²) in [5.41, 5.74) is -0.774. The van der Waals surface area contributed by atoms with Gasteiger partial charge in [-0.05, 0) is 37.3 Å². The molecule has 0 aromatic heterocycles. The monoisotopic (exact) mass is 570 g/mol. The molecule has 0 radical (unpaired) electrons. The maximum Gasteiger partial charge on any atom is 0.304 e. The first-order valence-corrected chi connectivity index (χ1v) is 12.5. The van der Waals surface area contributed by atoms with Crippen molar-refractivity contribution in [3.63, 3.8) is 0 Å². The van der Waals surface area contributed by atoms with Crippen molar-refractivity contribution in [2.24, 2.45) is 10.2 Å². The third kappa shape index (κ3) is 5.77. The van der Waals surface area contributed by atoms with Gasteiger partial charge < -0.3 is 10.2 Å². The zero-order valence-electron chi connectivity index (χ0n) is 22.3. The SMILES string of the molecule is CCN(CCN1C(=O)c2ccccc2C1=O)c1ccc(N=Nc2c(C#N)cc([N+](=O)[O-])cc2[N+](=O)[O-])c(NC(C)=O)c1. The first kappa shape index (κ1) is 29.0. The molecule has 1 N–H and O–H groups in total. The van der Waals surface area contributed by atoms with E-state index in [2.05, 4.69) is 15.5 Å². The Hall–Kier alpha value is -6.04. The Bertz CT molecular complexity index is 1680. The first-order chi connectivity index (χ1) is 20.0. The molecule has 0 unspecified atom stereocenters. The van der Waals surface area contributed by atoms with E-state index in [4.69, 9.17) is 0 Å². The van der Waals surface area contributed by atoms with E-state index in [1.165, 1.54) is 17.9 Å². The van der Waals surface area contributed by atoms with Gasteiger partial charge in [0.1, 0.15) is 11.8 Å². The van der Waals surface area contributed by atoms with Crippen molar-refractivity contribution in [1.29, 1.82) is 5.26 Å². The molecule has 0 spiro atoms. The second-order valence-corrected chi connectivity index (χ2v) is 8.96. The normalized spacial score (nSPS) is 12.3. The summed E-state index contributed by atoms with van der Waals surface area (Å²) in [6.07, 6.45) is 0. The molecular weight excluding hydrogens is 548 g/mol. The molecule has 15 heteroatoms. The van der Waals surface area contributed by atoms with Crippen LogP contribution in [0, 0.1) is 31.6 Å². The molecule has 1 heterocycles. The van der Waals surface area contributed by atoms with Crippen molar-refractivity contribution in [2.45, 2.75) is 13.8 Å². The number of anilines is 2. The summed E-state index contributed by atoms with van der Waals surface area (Å²) in [6, 6.07) is 14.5. The van der Waals surface area contributed by atoms with Crippen molar-refractivity contribution < 1.29 is 24.2 Å². The Morgan fingerprint density at radius 2 is 1.69 bits per heavy atom. The van der Waals surface area contributed by atoms with Crippen molar-refractivity contribution in [2.75, 3.05) is 29.9 Å². The zero-order chi connectivity index (χ0) is 30.6. The number of hydrogen-bond acceptors (Lipinski definition) is 11. The third-order valence-electron chi connectivity index (χ3n) is 6.37. The molecule has 42 heavy (non-hydrogen) atoms. The van der Waals surface area contributed by atoms with Gasteiger partial charge in [0.2, 0.25) is 5.91 Å². The highest BCUT2D eigenvalue weighted by Crippen LogP contribution is 2.38. The molecule has 0 fully saturated rings. The number of amides is 3. The summed E-state index contributed by atoms with van der Waals surface area (Å²) in [7, 11) is 0. The van der Waals surface area contributed by atoms with Gasteiger partial charge in [-0.15, -0.1) is 10.2 Å². The molecule has 0 saturated heterocycles. The fourth-order valence-electron chi connectivity index (χ4n) is 4.37. The fraction of sp³-hybridized carbons (Fsp3) is 0.185. The Morgan fingerprint density at radius 1 is 1.02 bits per heavy atom. The number of rotatable bonds is 10. The molecule has 3 amide bonds. The fourth-order valence-corrected chi connectivity index (χ4v) is 4.37. The van der Waals surface area contributed by atoms with Crippen LogP contribution in [0.1, 0.15) is 40.1 Å². The van der Waals surface area contributed by atoms with Crippen molar-refractivity contribution in [1.82, 2.24) is 4.90 Å². The molecular formula is C27H22N8O7. The number of azo groups is 1. The van der Waals surface area contributed by atoms with Crippen molar-refractivity contribution >= 4 is 51.8 Å². The number of carbonyl (C=O) groups is 3. The summed E-state index contributed by atoms with van der Waals surface area (Å²) in [5.74, 6) is -1.20. The summed E-state index contributed by atoms with van der Waals surface area (Å²) in [4.78, 5) is 61.4. The number of non-ortho nitro benzene ring substituents is 1. The Kier molecular flexibility index (Phi) is 8.27. The van der Waals surface area contributed by atoms with Crippen LogP contribution in [0.25, 0.3) is 0 Å². The number of nitrogens with zero attached hydrogens (tertiary/aromatic N) is 7. The number of hydrogen-bond donors (Lipinski definition) is 1. The number of nitriles is 1. The molecule has 0 saturated carbocycles. The lowest BCUT2D eigenvalue weighted by Gasteiger charge is -2.26. The molecule has 15 nitrogen and oxygen atoms in total. The van der Waals surface area contributed by atoms with Gasteiger partial charge in [0.05, 0.1) is 38.3 Å². The molecule has 0 atom stereocenters. The van der Waals surface area contributed by atoms with E-state index in [0.717, 1.165) is 6.07 Å². The van der Waals surface area contributed by atoms with Gasteiger partial charge in [-0.2, -0.15) is 5.26 Å². The Morgan fingerprint density at radius 3 is 2.24 bits per heavy atom. The van der Waals surface area contributed by atoms with Gasteiger partial charge in [0, 0.05) is 38.3 Å². The number of benzene rings is 3. The van der Waals surface area contributed by atoms with E-state index in [0.29, 0.717) is 29.4 Å². The first-order valence-electron chi connectivity index (χ1n) is 12.5. The lowest BCUT2D eigenvalue weighted by Crippen LogP contribution is -2.38. The van der Waals surface area contributed by atoms with Crippen LogP contribution in [0.3, 0.4) is 0 Å². The van der Waals surface area contributed by atoms with Gasteiger partial charge in [0.25, 0.3) is 17.5 Å². The predicted molar refractivity (Wildman–Crippen MR) is 149 cm³/mol. The van der Waals surface area contributed by atoms with E-state index in [1.54, 1.807) is 42.5 Å². The minimum Gasteiger partial charge on any atom is -0.370 e. The maximum atomic E-state index is 12.7. The number of nitro groups is 2. The molecule has 3 aromatic rings. The molecule has 212 valence electrons. The smallest absolute Gasteiger partial charge is 0.304 e. The highest BCUT2D eigenvalue weighted by atomic mass is 16.6. The lowest BCUT2D eigenvalue weighted by molar-refractivity contribution is -0.393. The summed E-state index contributed by atoms with van der Waals surface area (Å²) < 4.78 is 0. The topological polar surface area (TPSA) is 205 Å². The summed E-state index contributed by atoms with van der Waals surface area (Å²) in [5, 5.41) is 42.6. The zero-order valence-corrected chi connectivity index (χ0v) is 22.3. The quantitative estimate of drug-likeness (QED) is 0.152. The predicted octanol–water partition coefficient (Wildman–Crippen LogP) is 4.87. The standard InChI is InChI=1S/C27H22N8O7/c1-3-32(10-11-33-26(37)20-6-4-5-7-21(20)27(33)38)18-8-9-22(23(13-18)29-16(2)36)30-31-25-17(15-28)12-19(34(39)40)14-24(25)35(41)42/h4-9,12-14H,3,10-11H2,1-2H3,(H,29,36). The van der Waals surface area contributed by atoms with E-state index in [-0.39, 0.29) is 36.3 Å². The van der Waals surface area contributed by atoms with E-state index < -0.39 is 38.4 Å². The van der Waals surface area contributed by atoms with Gasteiger partial charge in [-0.3, -0.25) is 39.5 Å². The molecule has 1 aliphatic heterocycles. The second kappa shape index (κ2) is 12.0. The minimum atomic E-state index is -0.909. The highest BCUT2D eigenvalue weighted by molar-refractivity contribution is 6.21. The van der Waals surface area contributed by atoms with E-state index in [1.807, 2.05) is 11.8 Å². The van der Waals surface area contributed by atoms with Gasteiger partial charge >= 0.3 is 5.69 Å². The van der Waals surface area contributed by atoms with Crippen LogP contribution >= 0.6 is 0 Å². The summed E-state index contributed by atoms with van der Waals surface area (Å²) in [6.45, 7) is 4.00. The van der Waals surface area contributed by atoms with Crippen molar-refractivity contribution in [3.8, 4) is 6.07 Å². The highest BCUT2D eigenvalue weighted by Gasteiger charge is 2.35. The number of imide groups is 1. The van der Waals surface area contributed by atoms with Gasteiger partial charge in [-0.25, -0.2) is 0 Å². The number of carbonyl (C=O) groups excluding carboxylic acids is 3. The maximum absolute atomic E-state index is 12.7. The van der Waals surface area contributed by atoms with Crippen LogP contribution in [0.4, 0.5) is 34.1 Å². The number of nitro benzene ring substituents is 2. The Balaban J connectivity index is 1.63. The molecule has 3 aromatic carbocycles. The molecule has 1 aliphatic rings. The van der Waals surface area contributed by atoms with E-state index in [9.17, 15) is 39.9 Å². The number of likely N-dealkylation sites (N-methyl/N-ethyl adjacent to an activating group) is 1. The third-order valence-corrected chi connectivity index (χ3v) is 6.37. The summed E-state index contributed by atoms with van der Waals surface area (Å²) >= 11 is 0. The minimum absolute atomic E-state index is 0.0851. The van der Waals surface area contributed by atoms with Crippen LogP contribution < -0.4 is 10.2 Å². The average molecular weight is 571 g/mol.